The zero-order chi connectivity index (χ0) is 18.1. The van der Waals surface area contributed by atoms with E-state index in [1.54, 1.807) is 6.08 Å². The lowest BCUT2D eigenvalue weighted by Crippen LogP contribution is -2.06. The van der Waals surface area contributed by atoms with Crippen molar-refractivity contribution in [1.82, 2.24) is 0 Å². The molecule has 0 heterocycles. The minimum absolute atomic E-state index is 0.144. The van der Waals surface area contributed by atoms with E-state index in [0.717, 1.165) is 25.3 Å². The van der Waals surface area contributed by atoms with Gasteiger partial charge in [-0.15, -0.1) is 0 Å². The van der Waals surface area contributed by atoms with Crippen LogP contribution in [0, 0.1) is 11.6 Å². The van der Waals surface area contributed by atoms with Gasteiger partial charge < -0.3 is 10.5 Å². The van der Waals surface area contributed by atoms with Crippen LogP contribution in [0.5, 0.6) is 0 Å². The number of nitrogens with one attached hydrogen (secondary N) is 1. The fourth-order valence-corrected chi connectivity index (χ4v) is 3.26. The summed E-state index contributed by atoms with van der Waals surface area (Å²) in [5, 5.41) is 0.360. The van der Waals surface area contributed by atoms with Gasteiger partial charge in [0.15, 0.2) is 5.82 Å². The summed E-state index contributed by atoms with van der Waals surface area (Å²) in [4.78, 5) is 0. The van der Waals surface area contributed by atoms with Crippen LogP contribution in [-0.4, -0.2) is 5.25 Å². The first-order valence-corrected chi connectivity index (χ1v) is 8.95. The second kappa shape index (κ2) is 10.2. The quantitative estimate of drug-likeness (QED) is 0.398. The Labute approximate surface area is 148 Å². The Balaban J connectivity index is 2.94. The van der Waals surface area contributed by atoms with Gasteiger partial charge in [-0.2, -0.15) is 0 Å². The van der Waals surface area contributed by atoms with Gasteiger partial charge in [0.25, 0.3) is 0 Å². The third kappa shape index (κ3) is 6.04. The van der Waals surface area contributed by atoms with Crippen LogP contribution >= 0.6 is 11.9 Å². The molecule has 3 N–H and O–H groups in total. The predicted molar refractivity (Wildman–Crippen MR) is 103 cm³/mol. The number of benzene rings is 1. The van der Waals surface area contributed by atoms with E-state index < -0.39 is 11.6 Å². The van der Waals surface area contributed by atoms with Crippen LogP contribution in [0.4, 0.5) is 14.5 Å². The molecule has 0 aromatic heterocycles. The molecule has 132 valence electrons. The van der Waals surface area contributed by atoms with Crippen molar-refractivity contribution in [1.29, 1.82) is 0 Å². The highest BCUT2D eigenvalue weighted by molar-refractivity contribution is 8.01. The maximum absolute atomic E-state index is 14.7. The van der Waals surface area contributed by atoms with Crippen molar-refractivity contribution in [2.24, 2.45) is 5.73 Å². The van der Waals surface area contributed by atoms with E-state index >= 15 is 0 Å². The van der Waals surface area contributed by atoms with Crippen molar-refractivity contribution in [3.63, 3.8) is 0 Å². The molecule has 1 aromatic carbocycles. The normalized spacial score (nSPS) is 12.3. The van der Waals surface area contributed by atoms with Crippen LogP contribution in [0.15, 0.2) is 43.1 Å². The van der Waals surface area contributed by atoms with Crippen LogP contribution in [0.2, 0.25) is 0 Å². The first kappa shape index (κ1) is 20.3. The summed E-state index contributed by atoms with van der Waals surface area (Å²) in [6.45, 7) is 11.9. The van der Waals surface area contributed by atoms with Crippen molar-refractivity contribution in [2.45, 2.75) is 44.8 Å². The molecule has 0 aliphatic carbocycles. The number of anilines is 1. The van der Waals surface area contributed by atoms with Crippen LogP contribution in [0.25, 0.3) is 5.57 Å². The smallest absolute Gasteiger partial charge is 0.154 e. The number of hydrogen-bond donors (Lipinski definition) is 2. The number of allylic oxidation sites excluding steroid dienone is 3. The van der Waals surface area contributed by atoms with Gasteiger partial charge in [0.05, 0.1) is 5.69 Å². The highest BCUT2D eigenvalue weighted by atomic mass is 32.2. The molecular formula is C19H26F2N2S. The Kier molecular flexibility index (Phi) is 8.61. The van der Waals surface area contributed by atoms with Crippen molar-refractivity contribution in [3.05, 3.63) is 60.3 Å². The topological polar surface area (TPSA) is 38.0 Å². The van der Waals surface area contributed by atoms with Crippen LogP contribution in [0.3, 0.4) is 0 Å². The van der Waals surface area contributed by atoms with Crippen LogP contribution < -0.4 is 10.5 Å². The summed E-state index contributed by atoms with van der Waals surface area (Å²) >= 11 is 1.43. The minimum atomic E-state index is -0.501. The Morgan fingerprint density at radius 3 is 2.62 bits per heavy atom. The van der Waals surface area contributed by atoms with Gasteiger partial charge in [-0.25, -0.2) is 8.78 Å². The van der Waals surface area contributed by atoms with Crippen molar-refractivity contribution < 1.29 is 8.78 Å². The van der Waals surface area contributed by atoms with Gasteiger partial charge in [-0.1, -0.05) is 33.4 Å². The lowest BCUT2D eigenvalue weighted by atomic mass is 9.99. The molecule has 0 saturated heterocycles. The molecule has 24 heavy (non-hydrogen) atoms. The monoisotopic (exact) mass is 352 g/mol. The van der Waals surface area contributed by atoms with E-state index in [2.05, 4.69) is 31.7 Å². The molecule has 0 saturated carbocycles. The molecule has 5 heteroatoms. The van der Waals surface area contributed by atoms with Crippen LogP contribution in [0.1, 0.15) is 45.1 Å². The second-order valence-corrected chi connectivity index (χ2v) is 6.76. The summed E-state index contributed by atoms with van der Waals surface area (Å²) in [5.74, 6) is -0.996. The summed E-state index contributed by atoms with van der Waals surface area (Å²) in [5.41, 5.74) is 6.76. The molecule has 2 nitrogen and oxygen atoms in total. The van der Waals surface area contributed by atoms with Gasteiger partial charge in [-0.3, -0.25) is 0 Å². The molecule has 0 spiro atoms. The molecule has 0 aliphatic rings. The SMILES string of the molecule is C=C(/C=C\N)CC(=C)c1cc(F)cc(NSC(CC)CCC)c1F. The molecule has 0 fully saturated rings. The summed E-state index contributed by atoms with van der Waals surface area (Å²) in [6.07, 6.45) is 6.35. The highest BCUT2D eigenvalue weighted by Gasteiger charge is 2.15. The average molecular weight is 352 g/mol. The number of hydrogen-bond acceptors (Lipinski definition) is 3. The first-order chi connectivity index (χ1) is 11.4. The van der Waals surface area contributed by atoms with E-state index in [1.165, 1.54) is 24.2 Å². The van der Waals surface area contributed by atoms with E-state index in [9.17, 15) is 8.78 Å². The fraction of sp³-hybridized carbons (Fsp3) is 0.368. The number of rotatable bonds is 10. The lowest BCUT2D eigenvalue weighted by molar-refractivity contribution is 0.601. The van der Waals surface area contributed by atoms with E-state index in [-0.39, 0.29) is 11.3 Å². The molecule has 1 atom stereocenters. The van der Waals surface area contributed by atoms with E-state index in [4.69, 9.17) is 5.73 Å². The largest absolute Gasteiger partial charge is 0.405 e. The summed E-state index contributed by atoms with van der Waals surface area (Å²) in [6, 6.07) is 2.34. The predicted octanol–water partition coefficient (Wildman–Crippen LogP) is 6.04. The molecule has 0 bridgehead atoms. The van der Waals surface area contributed by atoms with Gasteiger partial charge in [0.1, 0.15) is 5.82 Å². The highest BCUT2D eigenvalue weighted by Crippen LogP contribution is 2.31. The maximum Gasteiger partial charge on any atom is 0.154 e. The Morgan fingerprint density at radius 2 is 2.04 bits per heavy atom. The minimum Gasteiger partial charge on any atom is -0.405 e. The van der Waals surface area contributed by atoms with Gasteiger partial charge >= 0.3 is 0 Å². The summed E-state index contributed by atoms with van der Waals surface area (Å²) in [7, 11) is 0. The standard InChI is InChI=1S/C19H26F2N2S/c1-5-7-16(6-2)24-23-18-12-15(20)11-17(19(18)21)14(4)10-13(3)8-9-22/h8-9,11-12,16,23H,3-7,10,22H2,1-2H3/b9-8-. The van der Waals surface area contributed by atoms with Crippen molar-refractivity contribution in [3.8, 4) is 0 Å². The number of halogens is 2. The van der Waals surface area contributed by atoms with Gasteiger partial charge in [0.2, 0.25) is 0 Å². The molecule has 1 aromatic rings. The second-order valence-electron chi connectivity index (χ2n) is 5.65. The fourth-order valence-electron chi connectivity index (χ4n) is 2.30. The van der Waals surface area contributed by atoms with Crippen LogP contribution in [-0.2, 0) is 0 Å². The van der Waals surface area contributed by atoms with Gasteiger partial charge in [0, 0.05) is 16.9 Å². The third-order valence-electron chi connectivity index (χ3n) is 3.59. The average Bonchev–Trinajstić information content (AvgIpc) is 2.53. The Hall–Kier alpha value is -1.75. The zero-order valence-electron chi connectivity index (χ0n) is 14.4. The molecule has 0 amide bonds. The molecule has 0 aliphatic heterocycles. The maximum atomic E-state index is 14.7. The molecule has 0 radical (unpaired) electrons. The molecule has 1 unspecified atom stereocenters. The van der Waals surface area contributed by atoms with Gasteiger partial charge in [-0.05, 0) is 60.7 Å². The molecular weight excluding hydrogens is 326 g/mol. The summed E-state index contributed by atoms with van der Waals surface area (Å²) < 4.78 is 31.6. The Bertz CT molecular complexity index is 612. The Morgan fingerprint density at radius 1 is 1.33 bits per heavy atom. The van der Waals surface area contributed by atoms with Crippen molar-refractivity contribution >= 4 is 23.2 Å². The molecule has 1 rings (SSSR count). The third-order valence-corrected chi connectivity index (χ3v) is 4.83. The van der Waals surface area contributed by atoms with E-state index in [1.807, 2.05) is 0 Å². The number of nitrogens with two attached hydrogens (primary N) is 1. The lowest BCUT2D eigenvalue weighted by Gasteiger charge is -2.17. The van der Waals surface area contributed by atoms with Crippen molar-refractivity contribution in [2.75, 3.05) is 4.72 Å². The van der Waals surface area contributed by atoms with E-state index in [0.29, 0.717) is 22.8 Å². The first-order valence-electron chi connectivity index (χ1n) is 8.07. The zero-order valence-corrected chi connectivity index (χ0v) is 15.2.